The van der Waals surface area contributed by atoms with Crippen LogP contribution in [0, 0.1) is 5.92 Å². The number of aliphatic imine (C=N–C) groups is 1. The Morgan fingerprint density at radius 2 is 1.71 bits per heavy atom. The zero-order valence-electron chi connectivity index (χ0n) is 12.6. The molecule has 2 aromatic rings. The van der Waals surface area contributed by atoms with E-state index in [2.05, 4.69) is 4.99 Å². The molecule has 2 atom stereocenters. The van der Waals surface area contributed by atoms with Crippen molar-refractivity contribution in [3.05, 3.63) is 65.7 Å². The first-order chi connectivity index (χ1) is 11.5. The van der Waals surface area contributed by atoms with Gasteiger partial charge in [-0.2, -0.15) is 13.2 Å². The second-order valence-electron chi connectivity index (χ2n) is 5.88. The van der Waals surface area contributed by atoms with Crippen molar-refractivity contribution in [3.63, 3.8) is 0 Å². The van der Waals surface area contributed by atoms with Gasteiger partial charge in [0.2, 0.25) is 5.90 Å². The third-order valence-electron chi connectivity index (χ3n) is 4.46. The Hall–Kier alpha value is -2.50. The van der Waals surface area contributed by atoms with Crippen molar-refractivity contribution in [2.45, 2.75) is 11.8 Å². The predicted molar refractivity (Wildman–Crippen MR) is 82.1 cm³/mol. The molecule has 0 aliphatic carbocycles. The smallest absolute Gasteiger partial charge is 0.399 e. The van der Waals surface area contributed by atoms with Gasteiger partial charge in [-0.25, -0.2) is 4.99 Å². The molecule has 2 aliphatic rings. The Morgan fingerprint density at radius 1 is 1.00 bits per heavy atom. The fourth-order valence-electron chi connectivity index (χ4n) is 3.28. The lowest BCUT2D eigenvalue weighted by Crippen LogP contribution is -2.52. The molecule has 2 aromatic carbocycles. The van der Waals surface area contributed by atoms with Crippen LogP contribution in [0.4, 0.5) is 13.2 Å². The van der Waals surface area contributed by atoms with Gasteiger partial charge < -0.3 is 9.47 Å². The van der Waals surface area contributed by atoms with E-state index in [0.717, 1.165) is 0 Å². The third kappa shape index (κ3) is 2.25. The van der Waals surface area contributed by atoms with Crippen LogP contribution in [-0.2, 0) is 10.3 Å². The van der Waals surface area contributed by atoms with Crippen LogP contribution >= 0.6 is 0 Å². The van der Waals surface area contributed by atoms with Crippen LogP contribution in [0.2, 0.25) is 0 Å². The minimum atomic E-state index is -4.45. The highest BCUT2D eigenvalue weighted by Crippen LogP contribution is 2.51. The van der Waals surface area contributed by atoms with E-state index in [1.165, 1.54) is 0 Å². The first kappa shape index (κ1) is 15.1. The molecule has 0 amide bonds. The van der Waals surface area contributed by atoms with Crippen molar-refractivity contribution < 1.29 is 22.6 Å². The van der Waals surface area contributed by atoms with Crippen molar-refractivity contribution in [1.82, 2.24) is 0 Å². The number of ether oxygens (including phenoxy) is 2. The normalized spacial score (nSPS) is 25.6. The van der Waals surface area contributed by atoms with Crippen molar-refractivity contribution in [2.24, 2.45) is 10.9 Å². The van der Waals surface area contributed by atoms with Crippen LogP contribution in [0.3, 0.4) is 0 Å². The molecular weight excluding hydrogens is 319 g/mol. The highest BCUT2D eigenvalue weighted by molar-refractivity contribution is 5.95. The van der Waals surface area contributed by atoms with Crippen LogP contribution < -0.4 is 4.74 Å². The van der Waals surface area contributed by atoms with E-state index < -0.39 is 24.3 Å². The van der Waals surface area contributed by atoms with E-state index in [1.807, 2.05) is 6.07 Å². The summed E-state index contributed by atoms with van der Waals surface area (Å²) < 4.78 is 52.2. The SMILES string of the molecule is FC(F)(F)C1COc2ccccc2C12CN=C(c1ccccc1)O2. The average molecular weight is 333 g/mol. The van der Waals surface area contributed by atoms with Gasteiger partial charge in [-0.05, 0) is 18.2 Å². The van der Waals surface area contributed by atoms with Crippen molar-refractivity contribution >= 4 is 5.90 Å². The van der Waals surface area contributed by atoms with E-state index in [-0.39, 0.29) is 12.4 Å². The van der Waals surface area contributed by atoms with E-state index in [9.17, 15) is 13.2 Å². The van der Waals surface area contributed by atoms with Gasteiger partial charge in [0.05, 0.1) is 6.54 Å². The number of hydrogen-bond acceptors (Lipinski definition) is 3. The summed E-state index contributed by atoms with van der Waals surface area (Å²) in [5, 5.41) is 0. The van der Waals surface area contributed by atoms with E-state index >= 15 is 0 Å². The first-order valence-electron chi connectivity index (χ1n) is 7.59. The number of halogens is 3. The van der Waals surface area contributed by atoms with Crippen LogP contribution in [0.25, 0.3) is 0 Å². The van der Waals surface area contributed by atoms with E-state index in [4.69, 9.17) is 9.47 Å². The third-order valence-corrected chi connectivity index (χ3v) is 4.46. The average Bonchev–Trinajstić information content (AvgIpc) is 3.00. The Balaban J connectivity index is 1.79. The van der Waals surface area contributed by atoms with Gasteiger partial charge in [0.15, 0.2) is 5.60 Å². The summed E-state index contributed by atoms with van der Waals surface area (Å²) in [6.07, 6.45) is -4.45. The molecule has 2 aliphatic heterocycles. The van der Waals surface area contributed by atoms with Crippen molar-refractivity contribution in [2.75, 3.05) is 13.2 Å². The van der Waals surface area contributed by atoms with E-state index in [1.54, 1.807) is 48.5 Å². The largest absolute Gasteiger partial charge is 0.492 e. The molecule has 2 unspecified atom stereocenters. The summed E-state index contributed by atoms with van der Waals surface area (Å²) in [6, 6.07) is 15.7. The minimum Gasteiger partial charge on any atom is -0.492 e. The van der Waals surface area contributed by atoms with Crippen LogP contribution in [0.15, 0.2) is 59.6 Å². The molecule has 0 bridgehead atoms. The molecule has 0 saturated heterocycles. The lowest BCUT2D eigenvalue weighted by atomic mass is 9.79. The van der Waals surface area contributed by atoms with Gasteiger partial charge in [0, 0.05) is 11.1 Å². The molecule has 0 aromatic heterocycles. The topological polar surface area (TPSA) is 30.8 Å². The molecule has 4 rings (SSSR count). The zero-order chi connectivity index (χ0) is 16.8. The summed E-state index contributed by atoms with van der Waals surface area (Å²) in [6.45, 7) is -0.556. The Labute approximate surface area is 136 Å². The Morgan fingerprint density at radius 3 is 2.46 bits per heavy atom. The second kappa shape index (κ2) is 5.26. The summed E-state index contributed by atoms with van der Waals surface area (Å²) in [4.78, 5) is 4.28. The zero-order valence-corrected chi connectivity index (χ0v) is 12.6. The monoisotopic (exact) mass is 333 g/mol. The van der Waals surface area contributed by atoms with Gasteiger partial charge >= 0.3 is 6.18 Å². The lowest BCUT2D eigenvalue weighted by Gasteiger charge is -2.41. The minimum absolute atomic E-state index is 0.0816. The molecule has 0 saturated carbocycles. The summed E-state index contributed by atoms with van der Waals surface area (Å²) >= 11 is 0. The maximum Gasteiger partial charge on any atom is 0.399 e. The molecule has 0 radical (unpaired) electrons. The van der Waals surface area contributed by atoms with Crippen LogP contribution in [0.5, 0.6) is 5.75 Å². The Kier molecular flexibility index (Phi) is 3.30. The molecule has 6 heteroatoms. The fraction of sp³-hybridized carbons (Fsp3) is 0.278. The van der Waals surface area contributed by atoms with Gasteiger partial charge in [0.1, 0.15) is 18.3 Å². The highest BCUT2D eigenvalue weighted by atomic mass is 19.4. The maximum atomic E-state index is 13.7. The number of para-hydroxylation sites is 1. The number of fused-ring (bicyclic) bond motifs is 2. The predicted octanol–water partition coefficient (Wildman–Crippen LogP) is 3.93. The number of alkyl halides is 3. The number of hydrogen-bond donors (Lipinski definition) is 0. The van der Waals surface area contributed by atoms with Crippen LogP contribution in [-0.4, -0.2) is 25.2 Å². The van der Waals surface area contributed by atoms with Gasteiger partial charge in [-0.3, -0.25) is 0 Å². The first-order valence-corrected chi connectivity index (χ1v) is 7.59. The molecule has 2 heterocycles. The van der Waals surface area contributed by atoms with Gasteiger partial charge in [0.25, 0.3) is 0 Å². The summed E-state index contributed by atoms with van der Waals surface area (Å²) in [5.41, 5.74) is -0.509. The molecule has 0 N–H and O–H groups in total. The molecule has 24 heavy (non-hydrogen) atoms. The van der Waals surface area contributed by atoms with Crippen LogP contribution in [0.1, 0.15) is 11.1 Å². The molecule has 1 spiro atoms. The van der Waals surface area contributed by atoms with Gasteiger partial charge in [-0.1, -0.05) is 36.4 Å². The van der Waals surface area contributed by atoms with E-state index in [0.29, 0.717) is 16.9 Å². The Bertz CT molecular complexity index is 788. The molecular formula is C18H14F3NO2. The summed E-state index contributed by atoms with van der Waals surface area (Å²) in [7, 11) is 0. The lowest BCUT2D eigenvalue weighted by molar-refractivity contribution is -0.233. The fourth-order valence-corrected chi connectivity index (χ4v) is 3.28. The molecule has 124 valence electrons. The number of benzene rings is 2. The van der Waals surface area contributed by atoms with Crippen molar-refractivity contribution in [3.8, 4) is 5.75 Å². The standard InChI is InChI=1S/C18H14F3NO2/c19-18(20,21)15-10-23-14-9-5-4-8-13(14)17(15)11-22-16(24-17)12-6-2-1-3-7-12/h1-9,15H,10-11H2. The maximum absolute atomic E-state index is 13.7. The quantitative estimate of drug-likeness (QED) is 0.792. The second-order valence-corrected chi connectivity index (χ2v) is 5.88. The van der Waals surface area contributed by atoms with Crippen molar-refractivity contribution in [1.29, 1.82) is 0 Å². The summed E-state index contributed by atoms with van der Waals surface area (Å²) in [5.74, 6) is -1.12. The van der Waals surface area contributed by atoms with Gasteiger partial charge in [-0.15, -0.1) is 0 Å². The molecule has 0 fully saturated rings. The highest BCUT2D eigenvalue weighted by Gasteiger charge is 2.61. The number of rotatable bonds is 1. The number of nitrogens with zero attached hydrogens (tertiary/aromatic N) is 1. The molecule has 3 nitrogen and oxygen atoms in total.